The van der Waals surface area contributed by atoms with Gasteiger partial charge in [0.15, 0.2) is 11.5 Å². The van der Waals surface area contributed by atoms with Crippen molar-refractivity contribution in [2.24, 2.45) is 0 Å². The number of hydrogen-bond acceptors (Lipinski definition) is 4. The zero-order chi connectivity index (χ0) is 13.1. The number of hydrogen-bond donors (Lipinski definition) is 0. The summed E-state index contributed by atoms with van der Waals surface area (Å²) in [6, 6.07) is 3.81. The Hall–Kier alpha value is -1.97. The quantitative estimate of drug-likeness (QED) is 0.766. The molecule has 0 N–H and O–H groups in total. The van der Waals surface area contributed by atoms with E-state index in [9.17, 15) is 4.79 Å². The number of methoxy groups -OCH3 is 2. The highest BCUT2D eigenvalue weighted by Gasteiger charge is 2.21. The fourth-order valence-corrected chi connectivity index (χ4v) is 2.04. The number of ether oxygens (including phenoxy) is 3. The van der Waals surface area contributed by atoms with Crippen LogP contribution >= 0.6 is 0 Å². The Morgan fingerprint density at radius 2 is 2.06 bits per heavy atom. The lowest BCUT2D eigenvalue weighted by Gasteiger charge is -2.11. The van der Waals surface area contributed by atoms with E-state index in [4.69, 9.17) is 14.2 Å². The smallest absolute Gasteiger partial charge is 0.334 e. The number of carbonyl (C=O) groups is 1. The van der Waals surface area contributed by atoms with Crippen molar-refractivity contribution in [3.05, 3.63) is 28.8 Å². The molecular weight excluding hydrogens is 232 g/mol. The van der Waals surface area contributed by atoms with Gasteiger partial charge in [-0.3, -0.25) is 0 Å². The Balaban J connectivity index is 2.35. The fraction of sp³-hybridized carbons (Fsp3) is 0.357. The van der Waals surface area contributed by atoms with Crippen molar-refractivity contribution in [3.63, 3.8) is 0 Å². The molecule has 0 heterocycles. The molecule has 4 nitrogen and oxygen atoms in total. The van der Waals surface area contributed by atoms with Gasteiger partial charge >= 0.3 is 5.97 Å². The maximum Gasteiger partial charge on any atom is 0.334 e. The molecule has 2 rings (SSSR count). The van der Waals surface area contributed by atoms with Crippen molar-refractivity contribution >= 4 is 12.0 Å². The summed E-state index contributed by atoms with van der Waals surface area (Å²) in [6.07, 6.45) is 2.41. The van der Waals surface area contributed by atoms with E-state index >= 15 is 0 Å². The molecule has 1 aromatic rings. The van der Waals surface area contributed by atoms with Crippen LogP contribution < -0.4 is 9.47 Å². The van der Waals surface area contributed by atoms with E-state index < -0.39 is 0 Å². The number of fused-ring (bicyclic) bond motifs is 1. The molecule has 0 radical (unpaired) electrons. The van der Waals surface area contributed by atoms with Gasteiger partial charge in [0.1, 0.15) is 0 Å². The molecule has 4 heteroatoms. The van der Waals surface area contributed by atoms with Gasteiger partial charge in [-0.25, -0.2) is 4.79 Å². The Morgan fingerprint density at radius 1 is 1.28 bits per heavy atom. The third-order valence-corrected chi connectivity index (χ3v) is 2.88. The van der Waals surface area contributed by atoms with Gasteiger partial charge in [-0.1, -0.05) is 0 Å². The molecule has 0 unspecified atom stereocenters. The predicted octanol–water partition coefficient (Wildman–Crippen LogP) is 2.21. The zero-order valence-electron chi connectivity index (χ0n) is 10.8. The van der Waals surface area contributed by atoms with Crippen LogP contribution in [-0.4, -0.2) is 26.8 Å². The average Bonchev–Trinajstić information content (AvgIpc) is 2.80. The second kappa shape index (κ2) is 5.12. The number of benzene rings is 1. The van der Waals surface area contributed by atoms with Gasteiger partial charge in [0.05, 0.1) is 20.8 Å². The molecule has 0 atom stereocenters. The first-order chi connectivity index (χ1) is 8.69. The van der Waals surface area contributed by atoms with Crippen molar-refractivity contribution < 1.29 is 19.0 Å². The summed E-state index contributed by atoms with van der Waals surface area (Å²) in [4.78, 5) is 11.5. The largest absolute Gasteiger partial charge is 0.493 e. The van der Waals surface area contributed by atoms with E-state index in [0.717, 1.165) is 11.1 Å². The van der Waals surface area contributed by atoms with Gasteiger partial charge in [0.2, 0.25) is 0 Å². The Kier molecular flexibility index (Phi) is 3.55. The van der Waals surface area contributed by atoms with Crippen LogP contribution in [0.2, 0.25) is 0 Å². The van der Waals surface area contributed by atoms with Crippen LogP contribution in [0, 0.1) is 0 Å². The monoisotopic (exact) mass is 248 g/mol. The Labute approximate surface area is 106 Å². The van der Waals surface area contributed by atoms with E-state index in [2.05, 4.69) is 0 Å². The number of carbonyl (C=O) groups excluding carboxylic acids is 1. The van der Waals surface area contributed by atoms with Gasteiger partial charge in [0, 0.05) is 12.0 Å². The average molecular weight is 248 g/mol. The first-order valence-electron chi connectivity index (χ1n) is 5.82. The van der Waals surface area contributed by atoms with Crippen LogP contribution in [0.25, 0.3) is 6.08 Å². The van der Waals surface area contributed by atoms with E-state index in [-0.39, 0.29) is 5.97 Å². The Morgan fingerprint density at radius 3 is 2.67 bits per heavy atom. The fourth-order valence-electron chi connectivity index (χ4n) is 2.04. The first-order valence-corrected chi connectivity index (χ1v) is 5.82. The van der Waals surface area contributed by atoms with Gasteiger partial charge in [0.25, 0.3) is 0 Å². The molecule has 0 saturated carbocycles. The number of rotatable bonds is 4. The van der Waals surface area contributed by atoms with Gasteiger partial charge < -0.3 is 14.2 Å². The molecule has 0 fully saturated rings. The van der Waals surface area contributed by atoms with Crippen molar-refractivity contribution in [1.29, 1.82) is 0 Å². The Bertz CT molecular complexity index is 503. The van der Waals surface area contributed by atoms with Gasteiger partial charge in [-0.2, -0.15) is 0 Å². The molecule has 0 bridgehead atoms. The standard InChI is InChI=1S/C14H16O4/c1-4-18-13-8-10-6-11(14(15)17-3)5-9(10)7-12(13)16-2/h6-8H,4-5H2,1-3H3. The first kappa shape index (κ1) is 12.5. The van der Waals surface area contributed by atoms with Crippen LogP contribution in [0.5, 0.6) is 11.5 Å². The van der Waals surface area contributed by atoms with E-state index in [1.807, 2.05) is 25.1 Å². The van der Waals surface area contributed by atoms with Crippen LogP contribution in [0.15, 0.2) is 17.7 Å². The van der Waals surface area contributed by atoms with Crippen molar-refractivity contribution in [2.45, 2.75) is 13.3 Å². The normalized spacial score (nSPS) is 12.7. The molecule has 0 saturated heterocycles. The van der Waals surface area contributed by atoms with E-state index in [1.54, 1.807) is 7.11 Å². The summed E-state index contributed by atoms with van der Waals surface area (Å²) in [5.41, 5.74) is 2.69. The highest BCUT2D eigenvalue weighted by Crippen LogP contribution is 2.36. The summed E-state index contributed by atoms with van der Waals surface area (Å²) in [5.74, 6) is 1.10. The second-order valence-corrected chi connectivity index (χ2v) is 3.97. The molecule has 0 aliphatic heterocycles. The molecule has 0 spiro atoms. The van der Waals surface area contributed by atoms with Crippen LogP contribution in [0.1, 0.15) is 18.1 Å². The minimum Gasteiger partial charge on any atom is -0.493 e. The van der Waals surface area contributed by atoms with Gasteiger partial charge in [-0.15, -0.1) is 0 Å². The van der Waals surface area contributed by atoms with Gasteiger partial charge in [-0.05, 0) is 36.3 Å². The lowest BCUT2D eigenvalue weighted by atomic mass is 10.1. The molecule has 1 aliphatic carbocycles. The molecular formula is C14H16O4. The number of esters is 1. The van der Waals surface area contributed by atoms with Crippen molar-refractivity contribution in [2.75, 3.05) is 20.8 Å². The van der Waals surface area contributed by atoms with Crippen molar-refractivity contribution in [1.82, 2.24) is 0 Å². The highest BCUT2D eigenvalue weighted by molar-refractivity contribution is 5.96. The molecule has 96 valence electrons. The topological polar surface area (TPSA) is 44.8 Å². The molecule has 0 aromatic heterocycles. The summed E-state index contributed by atoms with van der Waals surface area (Å²) in [6.45, 7) is 2.49. The van der Waals surface area contributed by atoms with Crippen LogP contribution in [-0.2, 0) is 16.0 Å². The van der Waals surface area contributed by atoms with Crippen molar-refractivity contribution in [3.8, 4) is 11.5 Å². The predicted molar refractivity (Wildman–Crippen MR) is 67.9 cm³/mol. The third kappa shape index (κ3) is 2.18. The maximum atomic E-state index is 11.5. The summed E-state index contributed by atoms with van der Waals surface area (Å²) in [5, 5.41) is 0. The van der Waals surface area contributed by atoms with Crippen LogP contribution in [0.3, 0.4) is 0 Å². The lowest BCUT2D eigenvalue weighted by Crippen LogP contribution is -2.04. The summed E-state index contributed by atoms with van der Waals surface area (Å²) >= 11 is 0. The molecule has 1 aromatic carbocycles. The third-order valence-electron chi connectivity index (χ3n) is 2.88. The second-order valence-electron chi connectivity index (χ2n) is 3.97. The minimum absolute atomic E-state index is 0.289. The summed E-state index contributed by atoms with van der Waals surface area (Å²) in [7, 11) is 2.99. The SMILES string of the molecule is CCOc1cc2c(cc1OC)CC(C(=O)OC)=C2. The van der Waals surface area contributed by atoms with Crippen LogP contribution in [0.4, 0.5) is 0 Å². The maximum absolute atomic E-state index is 11.5. The molecule has 18 heavy (non-hydrogen) atoms. The van der Waals surface area contributed by atoms with E-state index in [1.165, 1.54) is 7.11 Å². The summed E-state index contributed by atoms with van der Waals surface area (Å²) < 4.78 is 15.5. The van der Waals surface area contributed by atoms with E-state index in [0.29, 0.717) is 30.1 Å². The molecule has 0 amide bonds. The zero-order valence-corrected chi connectivity index (χ0v) is 10.8. The lowest BCUT2D eigenvalue weighted by molar-refractivity contribution is -0.136. The minimum atomic E-state index is -0.289. The molecule has 1 aliphatic rings. The highest BCUT2D eigenvalue weighted by atomic mass is 16.5.